The lowest BCUT2D eigenvalue weighted by Gasteiger charge is -2.42. The first-order valence-corrected chi connectivity index (χ1v) is 6.24. The Kier molecular flexibility index (Phi) is 3.62. The van der Waals surface area contributed by atoms with Crippen LogP contribution in [0.25, 0.3) is 0 Å². The molecule has 88 valence electrons. The first kappa shape index (κ1) is 11.6. The maximum Gasteiger partial charge on any atom is 0.0914 e. The van der Waals surface area contributed by atoms with E-state index in [0.717, 1.165) is 12.0 Å². The van der Waals surface area contributed by atoms with E-state index in [1.807, 2.05) is 30.3 Å². The molecule has 1 aliphatic carbocycles. The van der Waals surface area contributed by atoms with Crippen molar-refractivity contribution in [3.05, 3.63) is 35.9 Å². The summed E-state index contributed by atoms with van der Waals surface area (Å²) in [4.78, 5) is 0. The molecule has 1 unspecified atom stereocenters. The van der Waals surface area contributed by atoms with Gasteiger partial charge in [0, 0.05) is 12.1 Å². The van der Waals surface area contributed by atoms with Gasteiger partial charge in [0.2, 0.25) is 0 Å². The molecule has 0 amide bonds. The summed E-state index contributed by atoms with van der Waals surface area (Å²) in [5.74, 6) is 0. The molecule has 1 saturated carbocycles. The van der Waals surface area contributed by atoms with Crippen molar-refractivity contribution in [3.63, 3.8) is 0 Å². The third-order valence-electron chi connectivity index (χ3n) is 3.84. The Morgan fingerprint density at radius 3 is 2.50 bits per heavy atom. The van der Waals surface area contributed by atoms with Gasteiger partial charge in [0.25, 0.3) is 0 Å². The van der Waals surface area contributed by atoms with Gasteiger partial charge in [-0.05, 0) is 31.2 Å². The molecule has 0 spiro atoms. The molecular weight excluding hydrogens is 198 g/mol. The van der Waals surface area contributed by atoms with Gasteiger partial charge in [0.1, 0.15) is 0 Å². The highest BCUT2D eigenvalue weighted by atomic mass is 16.3. The van der Waals surface area contributed by atoms with E-state index in [-0.39, 0.29) is 6.10 Å². The van der Waals surface area contributed by atoms with E-state index < -0.39 is 0 Å². The second kappa shape index (κ2) is 4.98. The number of aliphatic hydroxyl groups is 1. The molecule has 16 heavy (non-hydrogen) atoms. The van der Waals surface area contributed by atoms with Crippen LogP contribution < -0.4 is 5.32 Å². The van der Waals surface area contributed by atoms with Crippen LogP contribution in [0.1, 0.15) is 44.3 Å². The van der Waals surface area contributed by atoms with Crippen molar-refractivity contribution < 1.29 is 5.11 Å². The van der Waals surface area contributed by atoms with Crippen LogP contribution in [0.4, 0.5) is 0 Å². The zero-order valence-electron chi connectivity index (χ0n) is 9.95. The minimum atomic E-state index is -0.384. The number of benzene rings is 1. The van der Waals surface area contributed by atoms with Crippen molar-refractivity contribution in [3.8, 4) is 0 Å². The summed E-state index contributed by atoms with van der Waals surface area (Å²) in [5.41, 5.74) is 1.32. The van der Waals surface area contributed by atoms with Crippen molar-refractivity contribution in [1.29, 1.82) is 0 Å². The number of aliphatic hydroxyl groups excluding tert-OH is 1. The molecule has 0 saturated heterocycles. The molecule has 0 aromatic heterocycles. The Hall–Kier alpha value is -0.860. The molecular formula is C14H21NO. The van der Waals surface area contributed by atoms with Crippen LogP contribution in [0.3, 0.4) is 0 Å². The first-order chi connectivity index (χ1) is 7.76. The van der Waals surface area contributed by atoms with E-state index in [9.17, 15) is 5.11 Å². The molecule has 0 aliphatic heterocycles. The van der Waals surface area contributed by atoms with Crippen molar-refractivity contribution in [2.45, 2.75) is 44.2 Å². The van der Waals surface area contributed by atoms with Gasteiger partial charge in [-0.1, -0.05) is 37.3 Å². The van der Waals surface area contributed by atoms with Crippen molar-refractivity contribution in [1.82, 2.24) is 5.32 Å². The molecule has 1 aromatic rings. The van der Waals surface area contributed by atoms with Crippen LogP contribution in [-0.2, 0) is 0 Å². The topological polar surface area (TPSA) is 32.3 Å². The Bertz CT molecular complexity index is 313. The van der Waals surface area contributed by atoms with Gasteiger partial charge in [0.05, 0.1) is 6.10 Å². The monoisotopic (exact) mass is 219 g/mol. The third-order valence-corrected chi connectivity index (χ3v) is 3.84. The summed E-state index contributed by atoms with van der Waals surface area (Å²) in [7, 11) is 0. The van der Waals surface area contributed by atoms with E-state index in [4.69, 9.17) is 0 Å². The lowest BCUT2D eigenvalue weighted by Crippen LogP contribution is -2.51. The average molecular weight is 219 g/mol. The van der Waals surface area contributed by atoms with E-state index >= 15 is 0 Å². The summed E-state index contributed by atoms with van der Waals surface area (Å²) in [6.45, 7) is 2.89. The lowest BCUT2D eigenvalue weighted by atomic mass is 9.75. The predicted molar refractivity (Wildman–Crippen MR) is 66.3 cm³/mol. The quantitative estimate of drug-likeness (QED) is 0.798. The SMILES string of the molecule is CCC1(NCC(O)c2ccccc2)CCC1. The molecule has 1 aliphatic rings. The van der Waals surface area contributed by atoms with Crippen molar-refractivity contribution in [2.75, 3.05) is 6.54 Å². The maximum atomic E-state index is 10.0. The molecule has 0 bridgehead atoms. The molecule has 0 radical (unpaired) electrons. The highest BCUT2D eigenvalue weighted by Crippen LogP contribution is 2.34. The zero-order valence-corrected chi connectivity index (χ0v) is 9.95. The predicted octanol–water partition coefficient (Wildman–Crippen LogP) is 2.64. The number of hydrogen-bond acceptors (Lipinski definition) is 2. The summed E-state index contributed by atoms with van der Waals surface area (Å²) in [5, 5.41) is 13.6. The van der Waals surface area contributed by atoms with Gasteiger partial charge in [-0.15, -0.1) is 0 Å². The fraction of sp³-hybridized carbons (Fsp3) is 0.571. The van der Waals surface area contributed by atoms with E-state index in [0.29, 0.717) is 12.1 Å². The van der Waals surface area contributed by atoms with Gasteiger partial charge in [-0.3, -0.25) is 0 Å². The Labute approximate surface area is 97.7 Å². The number of nitrogens with one attached hydrogen (secondary N) is 1. The molecule has 2 rings (SSSR count). The largest absolute Gasteiger partial charge is 0.387 e. The Morgan fingerprint density at radius 2 is 2.00 bits per heavy atom. The lowest BCUT2D eigenvalue weighted by molar-refractivity contribution is 0.119. The molecule has 1 atom stereocenters. The Balaban J connectivity index is 1.86. The number of rotatable bonds is 5. The van der Waals surface area contributed by atoms with E-state index in [2.05, 4.69) is 12.2 Å². The van der Waals surface area contributed by atoms with Crippen molar-refractivity contribution >= 4 is 0 Å². The average Bonchev–Trinajstić information content (AvgIpc) is 2.29. The smallest absolute Gasteiger partial charge is 0.0914 e. The summed E-state index contributed by atoms with van der Waals surface area (Å²) < 4.78 is 0. The van der Waals surface area contributed by atoms with Crippen LogP contribution in [0, 0.1) is 0 Å². The van der Waals surface area contributed by atoms with Crippen LogP contribution in [0.15, 0.2) is 30.3 Å². The molecule has 1 fully saturated rings. The van der Waals surface area contributed by atoms with Crippen molar-refractivity contribution in [2.24, 2.45) is 0 Å². The standard InChI is InChI=1S/C14H21NO/c1-2-14(9-6-10-14)15-11-13(16)12-7-4-3-5-8-12/h3-5,7-8,13,15-16H,2,6,9-11H2,1H3. The van der Waals surface area contributed by atoms with E-state index in [1.165, 1.54) is 19.3 Å². The van der Waals surface area contributed by atoms with Crippen LogP contribution in [0.2, 0.25) is 0 Å². The highest BCUT2D eigenvalue weighted by molar-refractivity contribution is 5.17. The fourth-order valence-electron chi connectivity index (χ4n) is 2.37. The Morgan fingerprint density at radius 1 is 1.31 bits per heavy atom. The van der Waals surface area contributed by atoms with Crippen LogP contribution in [0.5, 0.6) is 0 Å². The highest BCUT2D eigenvalue weighted by Gasteiger charge is 2.34. The summed E-state index contributed by atoms with van der Waals surface area (Å²) in [6, 6.07) is 9.87. The normalized spacial score (nSPS) is 20.1. The van der Waals surface area contributed by atoms with Gasteiger partial charge in [0.15, 0.2) is 0 Å². The van der Waals surface area contributed by atoms with Gasteiger partial charge >= 0.3 is 0 Å². The number of β-amino-alcohol motifs (C(OH)–C–C–N with tert-alkyl or cyclic N) is 1. The van der Waals surface area contributed by atoms with Gasteiger partial charge < -0.3 is 10.4 Å². The maximum absolute atomic E-state index is 10.0. The summed E-state index contributed by atoms with van der Waals surface area (Å²) >= 11 is 0. The minimum Gasteiger partial charge on any atom is -0.387 e. The zero-order chi connectivity index (χ0) is 11.4. The van der Waals surface area contributed by atoms with Gasteiger partial charge in [-0.2, -0.15) is 0 Å². The fourth-order valence-corrected chi connectivity index (χ4v) is 2.37. The van der Waals surface area contributed by atoms with Crippen LogP contribution >= 0.6 is 0 Å². The van der Waals surface area contributed by atoms with Gasteiger partial charge in [-0.25, -0.2) is 0 Å². The summed E-state index contributed by atoms with van der Waals surface area (Å²) in [6.07, 6.45) is 4.61. The minimum absolute atomic E-state index is 0.315. The molecule has 2 nitrogen and oxygen atoms in total. The van der Waals surface area contributed by atoms with E-state index in [1.54, 1.807) is 0 Å². The third kappa shape index (κ3) is 2.45. The first-order valence-electron chi connectivity index (χ1n) is 6.24. The van der Waals surface area contributed by atoms with Crippen LogP contribution in [-0.4, -0.2) is 17.2 Å². The molecule has 2 N–H and O–H groups in total. The molecule has 1 aromatic carbocycles. The number of hydrogen-bond donors (Lipinski definition) is 2. The second-order valence-electron chi connectivity index (χ2n) is 4.79. The molecule has 2 heteroatoms. The molecule has 0 heterocycles. The second-order valence-corrected chi connectivity index (χ2v) is 4.79.